The Bertz CT molecular complexity index is 553. The fraction of sp³-hybridized carbons (Fsp3) is 0.500. The van der Waals surface area contributed by atoms with Crippen LogP contribution in [0.4, 0.5) is 11.4 Å². The average Bonchev–Trinajstić information content (AvgIpc) is 2.91. The number of aromatic hydroxyl groups is 1. The van der Waals surface area contributed by atoms with Crippen molar-refractivity contribution in [3.05, 3.63) is 28.3 Å². The molecule has 0 aliphatic carbocycles. The molecule has 7 heteroatoms. The van der Waals surface area contributed by atoms with Crippen molar-refractivity contribution < 1.29 is 14.8 Å². The molecule has 1 saturated heterocycles. The number of rotatable bonds is 5. The minimum atomic E-state index is -0.616. The number of nitrogens with zero attached hydrogens (tertiary/aromatic N) is 1. The highest BCUT2D eigenvalue weighted by molar-refractivity contribution is 5.99. The number of hydrogen-bond acceptors (Lipinski definition) is 5. The fourth-order valence-electron chi connectivity index (χ4n) is 2.80. The molecule has 2 rings (SSSR count). The van der Waals surface area contributed by atoms with Gasteiger partial charge in [-0.2, -0.15) is 0 Å². The van der Waals surface area contributed by atoms with Crippen LogP contribution in [0.25, 0.3) is 0 Å². The third kappa shape index (κ3) is 2.97. The summed E-state index contributed by atoms with van der Waals surface area (Å²) in [6, 6.07) is 3.96. The molecule has 21 heavy (non-hydrogen) atoms. The normalized spacial score (nSPS) is 21.2. The van der Waals surface area contributed by atoms with Crippen molar-refractivity contribution in [1.29, 1.82) is 0 Å². The maximum atomic E-state index is 12.6. The topological polar surface area (TPSA) is 104 Å². The number of benzene rings is 1. The van der Waals surface area contributed by atoms with E-state index in [4.69, 9.17) is 0 Å². The number of nitro benzene ring substituents is 1. The van der Waals surface area contributed by atoms with Crippen LogP contribution in [0, 0.1) is 15.5 Å². The SMILES string of the molecule is CCCC1(C(=O)Nc2c(O)cccc2[N+](=O)[O-])CCNC1. The van der Waals surface area contributed by atoms with Crippen LogP contribution in [-0.4, -0.2) is 29.0 Å². The minimum Gasteiger partial charge on any atom is -0.505 e. The summed E-state index contributed by atoms with van der Waals surface area (Å²) < 4.78 is 0. The summed E-state index contributed by atoms with van der Waals surface area (Å²) in [4.78, 5) is 23.0. The van der Waals surface area contributed by atoms with Gasteiger partial charge in [0.25, 0.3) is 5.69 Å². The number of amides is 1. The minimum absolute atomic E-state index is 0.130. The summed E-state index contributed by atoms with van der Waals surface area (Å²) in [5, 5.41) is 26.5. The van der Waals surface area contributed by atoms with Crippen molar-refractivity contribution in [2.45, 2.75) is 26.2 Å². The molecule has 7 nitrogen and oxygen atoms in total. The Morgan fingerprint density at radius 2 is 2.33 bits per heavy atom. The number of hydrogen-bond donors (Lipinski definition) is 3. The van der Waals surface area contributed by atoms with Crippen molar-refractivity contribution in [3.8, 4) is 5.75 Å². The Kier molecular flexibility index (Phi) is 4.42. The third-order valence-electron chi connectivity index (χ3n) is 3.91. The molecule has 1 aliphatic heterocycles. The fourth-order valence-corrected chi connectivity index (χ4v) is 2.80. The summed E-state index contributed by atoms with van der Waals surface area (Å²) in [6.45, 7) is 3.29. The number of carbonyl (C=O) groups excluding carboxylic acids is 1. The zero-order valence-corrected chi connectivity index (χ0v) is 11.9. The summed E-state index contributed by atoms with van der Waals surface area (Å²) >= 11 is 0. The van der Waals surface area contributed by atoms with Crippen molar-refractivity contribution in [1.82, 2.24) is 5.32 Å². The number of nitrogens with one attached hydrogen (secondary N) is 2. The smallest absolute Gasteiger partial charge is 0.296 e. The van der Waals surface area contributed by atoms with Gasteiger partial charge in [0.1, 0.15) is 5.75 Å². The van der Waals surface area contributed by atoms with E-state index >= 15 is 0 Å². The van der Waals surface area contributed by atoms with E-state index in [1.807, 2.05) is 6.92 Å². The van der Waals surface area contributed by atoms with Gasteiger partial charge in [0.15, 0.2) is 5.69 Å². The van der Waals surface area contributed by atoms with Crippen LogP contribution in [0.2, 0.25) is 0 Å². The molecule has 1 aromatic rings. The van der Waals surface area contributed by atoms with Crippen LogP contribution in [0.15, 0.2) is 18.2 Å². The molecule has 114 valence electrons. The van der Waals surface area contributed by atoms with E-state index in [-0.39, 0.29) is 23.0 Å². The van der Waals surface area contributed by atoms with Gasteiger partial charge in [-0.25, -0.2) is 0 Å². The molecule has 1 aliphatic rings. The Morgan fingerprint density at radius 1 is 1.57 bits per heavy atom. The summed E-state index contributed by atoms with van der Waals surface area (Å²) in [7, 11) is 0. The molecule has 0 bridgehead atoms. The van der Waals surface area contributed by atoms with E-state index in [2.05, 4.69) is 10.6 Å². The first-order chi connectivity index (χ1) is 10.00. The number of para-hydroxylation sites is 1. The second-order valence-corrected chi connectivity index (χ2v) is 5.34. The van der Waals surface area contributed by atoms with Crippen molar-refractivity contribution in [3.63, 3.8) is 0 Å². The van der Waals surface area contributed by atoms with E-state index in [1.54, 1.807) is 0 Å². The monoisotopic (exact) mass is 293 g/mol. The van der Waals surface area contributed by atoms with E-state index in [0.29, 0.717) is 19.4 Å². The number of phenols is 1. The number of carbonyl (C=O) groups is 1. The molecule has 1 atom stereocenters. The number of phenolic OH excluding ortho intramolecular Hbond substituents is 1. The lowest BCUT2D eigenvalue weighted by Gasteiger charge is -2.26. The third-order valence-corrected chi connectivity index (χ3v) is 3.91. The summed E-state index contributed by atoms with van der Waals surface area (Å²) in [6.07, 6.45) is 2.24. The average molecular weight is 293 g/mol. The van der Waals surface area contributed by atoms with Gasteiger partial charge in [0, 0.05) is 12.6 Å². The number of anilines is 1. The predicted octanol–water partition coefficient (Wildman–Crippen LogP) is 2.02. The van der Waals surface area contributed by atoms with Gasteiger partial charge in [-0.1, -0.05) is 19.4 Å². The van der Waals surface area contributed by atoms with Crippen LogP contribution >= 0.6 is 0 Å². The molecule has 3 N–H and O–H groups in total. The van der Waals surface area contributed by atoms with Crippen LogP contribution < -0.4 is 10.6 Å². The predicted molar refractivity (Wildman–Crippen MR) is 78.2 cm³/mol. The first kappa shape index (κ1) is 15.2. The molecular formula is C14H19N3O4. The van der Waals surface area contributed by atoms with E-state index in [1.165, 1.54) is 18.2 Å². The lowest BCUT2D eigenvalue weighted by Crippen LogP contribution is -2.38. The Balaban J connectivity index is 2.29. The maximum absolute atomic E-state index is 12.6. The second kappa shape index (κ2) is 6.09. The molecular weight excluding hydrogens is 274 g/mol. The summed E-state index contributed by atoms with van der Waals surface area (Å²) in [5.74, 6) is -0.575. The Morgan fingerprint density at radius 3 is 2.90 bits per heavy atom. The molecule has 1 aromatic carbocycles. The number of nitro groups is 1. The van der Waals surface area contributed by atoms with Crippen LogP contribution in [0.3, 0.4) is 0 Å². The van der Waals surface area contributed by atoms with Crippen LogP contribution in [0.5, 0.6) is 5.75 Å². The van der Waals surface area contributed by atoms with Gasteiger partial charge >= 0.3 is 0 Å². The quantitative estimate of drug-likeness (QED) is 0.437. The largest absolute Gasteiger partial charge is 0.505 e. The van der Waals surface area contributed by atoms with Crippen LogP contribution in [-0.2, 0) is 4.79 Å². The Hall–Kier alpha value is -2.15. The van der Waals surface area contributed by atoms with Gasteiger partial charge in [0.2, 0.25) is 5.91 Å². The second-order valence-electron chi connectivity index (χ2n) is 5.34. The standard InChI is InChI=1S/C14H19N3O4/c1-2-6-14(7-8-15-9-14)13(19)16-12-10(17(20)21)4-3-5-11(12)18/h3-5,15,18H,2,6-9H2,1H3,(H,16,19). The zero-order valence-electron chi connectivity index (χ0n) is 11.9. The van der Waals surface area contributed by atoms with Gasteiger partial charge < -0.3 is 15.7 Å². The lowest BCUT2D eigenvalue weighted by atomic mass is 9.81. The van der Waals surface area contributed by atoms with Crippen LogP contribution in [0.1, 0.15) is 26.2 Å². The van der Waals surface area contributed by atoms with E-state index in [0.717, 1.165) is 13.0 Å². The maximum Gasteiger partial charge on any atom is 0.296 e. The molecule has 1 amide bonds. The highest BCUT2D eigenvalue weighted by Crippen LogP contribution is 2.37. The van der Waals surface area contributed by atoms with Crippen molar-refractivity contribution >= 4 is 17.3 Å². The van der Waals surface area contributed by atoms with Gasteiger partial charge in [-0.3, -0.25) is 14.9 Å². The molecule has 1 unspecified atom stereocenters. The van der Waals surface area contributed by atoms with Crippen molar-refractivity contribution in [2.75, 3.05) is 18.4 Å². The first-order valence-electron chi connectivity index (χ1n) is 6.99. The highest BCUT2D eigenvalue weighted by atomic mass is 16.6. The molecule has 1 fully saturated rings. The molecule has 0 aromatic heterocycles. The van der Waals surface area contributed by atoms with Gasteiger partial charge in [-0.05, 0) is 25.5 Å². The Labute approximate surface area is 122 Å². The van der Waals surface area contributed by atoms with Gasteiger partial charge in [0.05, 0.1) is 10.3 Å². The van der Waals surface area contributed by atoms with Crippen molar-refractivity contribution in [2.24, 2.45) is 5.41 Å². The summed E-state index contributed by atoms with van der Waals surface area (Å²) in [5.41, 5.74) is -0.999. The van der Waals surface area contributed by atoms with Gasteiger partial charge in [-0.15, -0.1) is 0 Å². The zero-order chi connectivity index (χ0) is 15.5. The molecule has 0 saturated carbocycles. The first-order valence-corrected chi connectivity index (χ1v) is 6.99. The molecule has 1 heterocycles. The van der Waals surface area contributed by atoms with E-state index in [9.17, 15) is 20.0 Å². The highest BCUT2D eigenvalue weighted by Gasteiger charge is 2.41. The lowest BCUT2D eigenvalue weighted by molar-refractivity contribution is -0.384. The molecule has 0 spiro atoms. The van der Waals surface area contributed by atoms with E-state index < -0.39 is 10.3 Å². The molecule has 0 radical (unpaired) electrons.